The standard InChI is InChI=1S/C16H18O3S/c17-11-4-12-20(18,19)13-14-7-9-16(10-8-14)15-5-2-1-3-6-15/h1-3,5-10,17H,4,11-13H2. The smallest absolute Gasteiger partial charge is 0.154 e. The summed E-state index contributed by atoms with van der Waals surface area (Å²) in [7, 11) is -3.13. The van der Waals surface area contributed by atoms with E-state index in [2.05, 4.69) is 0 Å². The van der Waals surface area contributed by atoms with Crippen molar-refractivity contribution in [2.24, 2.45) is 0 Å². The van der Waals surface area contributed by atoms with Gasteiger partial charge in [0.2, 0.25) is 0 Å². The summed E-state index contributed by atoms with van der Waals surface area (Å²) >= 11 is 0. The fraction of sp³-hybridized carbons (Fsp3) is 0.250. The van der Waals surface area contributed by atoms with Crippen LogP contribution in [-0.4, -0.2) is 25.9 Å². The summed E-state index contributed by atoms with van der Waals surface area (Å²) in [5.41, 5.74) is 2.96. The molecule has 106 valence electrons. The van der Waals surface area contributed by atoms with E-state index < -0.39 is 9.84 Å². The van der Waals surface area contributed by atoms with Crippen LogP contribution in [0.1, 0.15) is 12.0 Å². The predicted molar refractivity (Wildman–Crippen MR) is 81.1 cm³/mol. The molecule has 0 unspecified atom stereocenters. The van der Waals surface area contributed by atoms with Gasteiger partial charge in [-0.25, -0.2) is 8.42 Å². The van der Waals surface area contributed by atoms with Gasteiger partial charge in [0, 0.05) is 6.61 Å². The average molecular weight is 290 g/mol. The molecule has 0 amide bonds. The van der Waals surface area contributed by atoms with Crippen LogP contribution in [0.15, 0.2) is 54.6 Å². The number of rotatable bonds is 6. The molecule has 0 atom stereocenters. The second-order valence-corrected chi connectivity index (χ2v) is 6.92. The first-order chi connectivity index (χ1) is 9.61. The Labute approximate surface area is 119 Å². The Balaban J connectivity index is 2.09. The van der Waals surface area contributed by atoms with E-state index in [1.807, 2.05) is 54.6 Å². The third-order valence-corrected chi connectivity index (χ3v) is 4.74. The second kappa shape index (κ2) is 6.68. The Kier molecular flexibility index (Phi) is 4.93. The lowest BCUT2D eigenvalue weighted by atomic mass is 10.0. The average Bonchev–Trinajstić information content (AvgIpc) is 2.46. The number of hydrogen-bond acceptors (Lipinski definition) is 3. The van der Waals surface area contributed by atoms with Crippen molar-refractivity contribution in [1.29, 1.82) is 0 Å². The third kappa shape index (κ3) is 4.18. The van der Waals surface area contributed by atoms with Crippen LogP contribution < -0.4 is 0 Å². The van der Waals surface area contributed by atoms with Crippen LogP contribution in [0.5, 0.6) is 0 Å². The van der Waals surface area contributed by atoms with Crippen LogP contribution in [0.25, 0.3) is 11.1 Å². The van der Waals surface area contributed by atoms with Gasteiger partial charge in [-0.05, 0) is 23.1 Å². The van der Waals surface area contributed by atoms with E-state index in [0.29, 0.717) is 6.42 Å². The Morgan fingerprint density at radius 3 is 2.05 bits per heavy atom. The quantitative estimate of drug-likeness (QED) is 0.890. The molecule has 0 saturated carbocycles. The molecule has 3 nitrogen and oxygen atoms in total. The molecule has 2 rings (SSSR count). The lowest BCUT2D eigenvalue weighted by Crippen LogP contribution is -2.10. The Morgan fingerprint density at radius 2 is 1.45 bits per heavy atom. The second-order valence-electron chi connectivity index (χ2n) is 4.73. The molecule has 0 aliphatic rings. The minimum absolute atomic E-state index is 0.0298. The molecular formula is C16H18O3S. The van der Waals surface area contributed by atoms with E-state index in [0.717, 1.165) is 16.7 Å². The molecule has 0 spiro atoms. The van der Waals surface area contributed by atoms with Crippen molar-refractivity contribution in [2.75, 3.05) is 12.4 Å². The fourth-order valence-electron chi connectivity index (χ4n) is 2.03. The normalized spacial score (nSPS) is 11.4. The first kappa shape index (κ1) is 14.8. The zero-order valence-corrected chi connectivity index (χ0v) is 12.0. The van der Waals surface area contributed by atoms with Crippen molar-refractivity contribution in [3.8, 4) is 11.1 Å². The topological polar surface area (TPSA) is 54.4 Å². The number of aliphatic hydroxyl groups excluding tert-OH is 1. The molecule has 0 radical (unpaired) electrons. The highest BCUT2D eigenvalue weighted by molar-refractivity contribution is 7.90. The zero-order valence-electron chi connectivity index (χ0n) is 11.2. The molecule has 2 aromatic rings. The van der Waals surface area contributed by atoms with Crippen molar-refractivity contribution in [1.82, 2.24) is 0 Å². The van der Waals surface area contributed by atoms with Gasteiger partial charge < -0.3 is 5.11 Å². The van der Waals surface area contributed by atoms with Crippen molar-refractivity contribution >= 4 is 9.84 Å². The van der Waals surface area contributed by atoms with Gasteiger partial charge in [0.25, 0.3) is 0 Å². The van der Waals surface area contributed by atoms with Gasteiger partial charge in [-0.1, -0.05) is 54.6 Å². The van der Waals surface area contributed by atoms with Gasteiger partial charge in [0.1, 0.15) is 0 Å². The molecule has 0 bridgehead atoms. The summed E-state index contributed by atoms with van der Waals surface area (Å²) in [6.07, 6.45) is 0.296. The minimum Gasteiger partial charge on any atom is -0.396 e. The van der Waals surface area contributed by atoms with Crippen LogP contribution in [-0.2, 0) is 15.6 Å². The van der Waals surface area contributed by atoms with Gasteiger partial charge in [0.05, 0.1) is 11.5 Å². The van der Waals surface area contributed by atoms with Crippen molar-refractivity contribution in [3.05, 3.63) is 60.2 Å². The van der Waals surface area contributed by atoms with E-state index in [9.17, 15) is 8.42 Å². The number of hydrogen-bond donors (Lipinski definition) is 1. The van der Waals surface area contributed by atoms with Gasteiger partial charge in [-0.3, -0.25) is 0 Å². The molecule has 4 heteroatoms. The molecule has 0 fully saturated rings. The fourth-order valence-corrected chi connectivity index (χ4v) is 3.45. The van der Waals surface area contributed by atoms with Crippen molar-refractivity contribution in [2.45, 2.75) is 12.2 Å². The summed E-state index contributed by atoms with van der Waals surface area (Å²) in [6.45, 7) is -0.0911. The maximum atomic E-state index is 11.8. The largest absolute Gasteiger partial charge is 0.396 e. The first-order valence-electron chi connectivity index (χ1n) is 6.56. The van der Waals surface area contributed by atoms with Gasteiger partial charge in [0.15, 0.2) is 9.84 Å². The highest BCUT2D eigenvalue weighted by Gasteiger charge is 2.11. The van der Waals surface area contributed by atoms with Crippen molar-refractivity contribution in [3.63, 3.8) is 0 Å². The van der Waals surface area contributed by atoms with E-state index in [-0.39, 0.29) is 18.1 Å². The molecule has 0 aromatic heterocycles. The molecule has 0 aliphatic heterocycles. The van der Waals surface area contributed by atoms with Crippen LogP contribution in [0.3, 0.4) is 0 Å². The third-order valence-electron chi connectivity index (χ3n) is 3.06. The summed E-state index contributed by atoms with van der Waals surface area (Å²) in [6, 6.07) is 17.5. The number of sulfone groups is 1. The first-order valence-corrected chi connectivity index (χ1v) is 8.38. The Hall–Kier alpha value is -1.65. The molecule has 0 saturated heterocycles. The summed E-state index contributed by atoms with van der Waals surface area (Å²) in [4.78, 5) is 0. The van der Waals surface area contributed by atoms with E-state index in [1.54, 1.807) is 0 Å². The molecule has 2 aromatic carbocycles. The summed E-state index contributed by atoms with van der Waals surface area (Å²) < 4.78 is 23.6. The molecular weight excluding hydrogens is 272 g/mol. The van der Waals surface area contributed by atoms with Crippen LogP contribution >= 0.6 is 0 Å². The molecule has 20 heavy (non-hydrogen) atoms. The van der Waals surface area contributed by atoms with E-state index in [1.165, 1.54) is 0 Å². The number of aliphatic hydroxyl groups is 1. The SMILES string of the molecule is O=S(=O)(CCCO)Cc1ccc(-c2ccccc2)cc1. The minimum atomic E-state index is -3.13. The van der Waals surface area contributed by atoms with Crippen LogP contribution in [0.4, 0.5) is 0 Å². The zero-order chi connectivity index (χ0) is 14.4. The monoisotopic (exact) mass is 290 g/mol. The summed E-state index contributed by atoms with van der Waals surface area (Å²) in [5, 5.41) is 8.69. The Bertz CT molecular complexity index is 631. The highest BCUT2D eigenvalue weighted by Crippen LogP contribution is 2.20. The maximum Gasteiger partial charge on any atom is 0.154 e. The van der Waals surface area contributed by atoms with Gasteiger partial charge in [-0.15, -0.1) is 0 Å². The molecule has 0 heterocycles. The number of benzene rings is 2. The van der Waals surface area contributed by atoms with Gasteiger partial charge in [-0.2, -0.15) is 0 Å². The predicted octanol–water partition coefficient (Wildman–Crippen LogP) is 2.65. The van der Waals surface area contributed by atoms with Crippen molar-refractivity contribution < 1.29 is 13.5 Å². The molecule has 1 N–H and O–H groups in total. The highest BCUT2D eigenvalue weighted by atomic mass is 32.2. The molecule has 0 aliphatic carbocycles. The van der Waals surface area contributed by atoms with Crippen LogP contribution in [0, 0.1) is 0 Å². The van der Waals surface area contributed by atoms with Crippen LogP contribution in [0.2, 0.25) is 0 Å². The summed E-state index contributed by atoms with van der Waals surface area (Å²) in [5.74, 6) is 0.0615. The lowest BCUT2D eigenvalue weighted by Gasteiger charge is -2.06. The maximum absolute atomic E-state index is 11.8. The lowest BCUT2D eigenvalue weighted by molar-refractivity contribution is 0.295. The van der Waals surface area contributed by atoms with Gasteiger partial charge >= 0.3 is 0 Å². The van der Waals surface area contributed by atoms with E-state index in [4.69, 9.17) is 5.11 Å². The van der Waals surface area contributed by atoms with E-state index >= 15 is 0 Å². The Morgan fingerprint density at radius 1 is 0.850 bits per heavy atom.